The number of carbonyl (C=O) groups is 2. The van der Waals surface area contributed by atoms with Gasteiger partial charge in [-0.3, -0.25) is 13.9 Å². The van der Waals surface area contributed by atoms with Gasteiger partial charge in [0.15, 0.2) is 0 Å². The van der Waals surface area contributed by atoms with Gasteiger partial charge in [0.05, 0.1) is 27.0 Å². The van der Waals surface area contributed by atoms with Crippen LogP contribution >= 0.6 is 34.8 Å². The molecule has 0 radical (unpaired) electrons. The summed E-state index contributed by atoms with van der Waals surface area (Å²) >= 11 is 18.3. The molecule has 0 aliphatic heterocycles. The van der Waals surface area contributed by atoms with Crippen LogP contribution in [-0.4, -0.2) is 49.5 Å². The van der Waals surface area contributed by atoms with Crippen molar-refractivity contribution in [2.75, 3.05) is 17.1 Å². The van der Waals surface area contributed by atoms with E-state index in [4.69, 9.17) is 34.8 Å². The fourth-order valence-electron chi connectivity index (χ4n) is 4.10. The first kappa shape index (κ1) is 32.7. The first-order chi connectivity index (χ1) is 19.0. The van der Waals surface area contributed by atoms with Crippen LogP contribution < -0.4 is 9.62 Å². The monoisotopic (exact) mass is 641 g/mol. The van der Waals surface area contributed by atoms with Crippen LogP contribution in [0.1, 0.15) is 31.9 Å². The maximum atomic E-state index is 14.1. The molecule has 220 valence electrons. The predicted molar refractivity (Wildman–Crippen MR) is 162 cm³/mol. The average Bonchev–Trinajstić information content (AvgIpc) is 2.87. The Morgan fingerprint density at radius 2 is 1.56 bits per heavy atom. The van der Waals surface area contributed by atoms with E-state index in [0.717, 1.165) is 28.3 Å². The number of hydrogen-bond acceptors (Lipinski definition) is 4. The lowest BCUT2D eigenvalue weighted by Gasteiger charge is -2.35. The topological polar surface area (TPSA) is 86.8 Å². The summed E-state index contributed by atoms with van der Waals surface area (Å²) in [5.74, 6) is -1.84. The first-order valence-corrected chi connectivity index (χ1v) is 15.6. The van der Waals surface area contributed by atoms with Crippen molar-refractivity contribution in [2.24, 2.45) is 0 Å². The van der Waals surface area contributed by atoms with Crippen LogP contribution in [0.25, 0.3) is 0 Å². The number of hydrogen-bond donors (Lipinski definition) is 1. The third-order valence-electron chi connectivity index (χ3n) is 5.98. The smallest absolute Gasteiger partial charge is 0.244 e. The molecule has 0 unspecified atom stereocenters. The van der Waals surface area contributed by atoms with Gasteiger partial charge in [-0.15, -0.1) is 0 Å². The van der Waals surface area contributed by atoms with E-state index in [9.17, 15) is 22.4 Å². The van der Waals surface area contributed by atoms with E-state index in [1.165, 1.54) is 11.0 Å². The maximum Gasteiger partial charge on any atom is 0.244 e. The van der Waals surface area contributed by atoms with Crippen LogP contribution in [-0.2, 0) is 32.6 Å². The number of nitrogens with one attached hydrogen (secondary N) is 1. The minimum atomic E-state index is -4.03. The van der Waals surface area contributed by atoms with Gasteiger partial charge in [-0.1, -0.05) is 71.2 Å². The molecular formula is C29H31Cl3FN3O4S. The van der Waals surface area contributed by atoms with E-state index in [-0.39, 0.29) is 28.7 Å². The van der Waals surface area contributed by atoms with Crippen LogP contribution in [0.5, 0.6) is 0 Å². The SMILES string of the molecule is CC(C)(C)NC(=O)[C@H](Cc1ccccc1)N(Cc1ccc(Cl)c(Cl)c1)C(=O)CN(c1ccc(F)c(Cl)c1)S(C)(=O)=O. The lowest BCUT2D eigenvalue weighted by molar-refractivity contribution is -0.140. The van der Waals surface area contributed by atoms with Crippen LogP contribution in [0.3, 0.4) is 0 Å². The summed E-state index contributed by atoms with van der Waals surface area (Å²) in [5, 5.41) is 3.21. The highest BCUT2D eigenvalue weighted by Gasteiger charge is 2.34. The fraction of sp³-hybridized carbons (Fsp3) is 0.310. The molecular weight excluding hydrogens is 612 g/mol. The number of carbonyl (C=O) groups excluding carboxylic acids is 2. The van der Waals surface area contributed by atoms with Gasteiger partial charge >= 0.3 is 0 Å². The molecule has 1 atom stereocenters. The lowest BCUT2D eigenvalue weighted by Crippen LogP contribution is -2.56. The number of nitrogens with zero attached hydrogens (tertiary/aromatic N) is 2. The summed E-state index contributed by atoms with van der Waals surface area (Å²) in [6.45, 7) is 4.71. The molecule has 1 N–H and O–H groups in total. The Hall–Kier alpha value is -2.85. The Bertz CT molecular complexity index is 1520. The molecule has 3 aromatic rings. The van der Waals surface area contributed by atoms with Gasteiger partial charge in [-0.05, 0) is 62.2 Å². The highest BCUT2D eigenvalue weighted by Crippen LogP contribution is 2.27. The number of sulfonamides is 1. The van der Waals surface area contributed by atoms with Gasteiger partial charge in [0.1, 0.15) is 18.4 Å². The predicted octanol–water partition coefficient (Wildman–Crippen LogP) is 6.11. The summed E-state index contributed by atoms with van der Waals surface area (Å²) in [5.41, 5.74) is 0.748. The summed E-state index contributed by atoms with van der Waals surface area (Å²) in [6.07, 6.45) is 1.08. The van der Waals surface area contributed by atoms with E-state index in [1.807, 2.05) is 51.1 Å². The van der Waals surface area contributed by atoms with E-state index in [0.29, 0.717) is 10.6 Å². The van der Waals surface area contributed by atoms with Crippen molar-refractivity contribution in [3.63, 3.8) is 0 Å². The van der Waals surface area contributed by atoms with Crippen LogP contribution in [0, 0.1) is 5.82 Å². The first-order valence-electron chi connectivity index (χ1n) is 12.6. The zero-order chi connectivity index (χ0) is 30.5. The van der Waals surface area contributed by atoms with Crippen molar-refractivity contribution in [2.45, 2.75) is 45.3 Å². The standard InChI is InChI=1S/C29H31Cl3FN3O4S/c1-29(2,3)34-28(38)26(15-19-8-6-5-7-9-19)35(17-20-10-12-22(30)23(31)14-20)27(37)18-36(41(4,39)40)21-11-13-25(33)24(32)16-21/h5-14,16,26H,15,17-18H2,1-4H3,(H,34,38)/t26-/m0/s1. The highest BCUT2D eigenvalue weighted by atomic mass is 35.5. The molecule has 0 aliphatic carbocycles. The average molecular weight is 643 g/mol. The van der Waals surface area contributed by atoms with E-state index in [2.05, 4.69) is 5.32 Å². The van der Waals surface area contributed by atoms with E-state index >= 15 is 0 Å². The van der Waals surface area contributed by atoms with Crippen molar-refractivity contribution in [3.8, 4) is 0 Å². The Labute approximate surface area is 255 Å². The van der Waals surface area contributed by atoms with Gasteiger partial charge in [-0.25, -0.2) is 12.8 Å². The third-order valence-corrected chi connectivity index (χ3v) is 8.15. The second-order valence-electron chi connectivity index (χ2n) is 10.6. The molecule has 0 heterocycles. The number of benzene rings is 3. The highest BCUT2D eigenvalue weighted by molar-refractivity contribution is 7.92. The van der Waals surface area contributed by atoms with Crippen molar-refractivity contribution in [1.82, 2.24) is 10.2 Å². The number of anilines is 1. The van der Waals surface area contributed by atoms with Crippen LogP contribution in [0.15, 0.2) is 66.7 Å². The molecule has 0 saturated carbocycles. The minimum Gasteiger partial charge on any atom is -0.350 e. The molecule has 3 rings (SSSR count). The molecule has 41 heavy (non-hydrogen) atoms. The quantitative estimate of drug-likeness (QED) is 0.289. The van der Waals surface area contributed by atoms with Crippen LogP contribution in [0.2, 0.25) is 15.1 Å². The Morgan fingerprint density at radius 1 is 0.902 bits per heavy atom. The normalized spacial score (nSPS) is 12.5. The zero-order valence-corrected chi connectivity index (χ0v) is 26.1. The van der Waals surface area contributed by atoms with Gasteiger partial charge in [0.2, 0.25) is 21.8 Å². The van der Waals surface area contributed by atoms with Gasteiger partial charge in [-0.2, -0.15) is 0 Å². The summed E-state index contributed by atoms with van der Waals surface area (Å²) in [7, 11) is -4.03. The molecule has 0 aromatic heterocycles. The molecule has 12 heteroatoms. The van der Waals surface area contributed by atoms with E-state index < -0.39 is 45.8 Å². The Morgan fingerprint density at radius 3 is 2.12 bits per heavy atom. The molecule has 2 amide bonds. The maximum absolute atomic E-state index is 14.1. The van der Waals surface area contributed by atoms with Crippen LogP contribution in [0.4, 0.5) is 10.1 Å². The minimum absolute atomic E-state index is 0.000454. The summed E-state index contributed by atoms with van der Waals surface area (Å²) in [4.78, 5) is 29.1. The second kappa shape index (κ2) is 13.4. The van der Waals surface area contributed by atoms with Crippen molar-refractivity contribution < 1.29 is 22.4 Å². The fourth-order valence-corrected chi connectivity index (χ4v) is 5.43. The second-order valence-corrected chi connectivity index (χ2v) is 13.7. The zero-order valence-electron chi connectivity index (χ0n) is 23.0. The molecule has 0 aliphatic rings. The van der Waals surface area contributed by atoms with Gasteiger partial charge < -0.3 is 10.2 Å². The van der Waals surface area contributed by atoms with Crippen molar-refractivity contribution in [3.05, 3.63) is 98.7 Å². The third kappa shape index (κ3) is 9.33. The Kier molecular flexibility index (Phi) is 10.7. The Balaban J connectivity index is 2.10. The molecule has 0 saturated heterocycles. The summed E-state index contributed by atoms with van der Waals surface area (Å²) in [6, 6.07) is 16.3. The van der Waals surface area contributed by atoms with Crippen molar-refractivity contribution >= 4 is 62.3 Å². The largest absolute Gasteiger partial charge is 0.350 e. The van der Waals surface area contributed by atoms with Crippen molar-refractivity contribution in [1.29, 1.82) is 0 Å². The van der Waals surface area contributed by atoms with Gasteiger partial charge in [0, 0.05) is 18.5 Å². The van der Waals surface area contributed by atoms with E-state index in [1.54, 1.807) is 18.2 Å². The molecule has 0 spiro atoms. The summed E-state index contributed by atoms with van der Waals surface area (Å²) < 4.78 is 40.3. The molecule has 3 aromatic carbocycles. The molecule has 0 fully saturated rings. The van der Waals surface area contributed by atoms with Gasteiger partial charge in [0.25, 0.3) is 0 Å². The number of halogens is 4. The number of rotatable bonds is 10. The number of amides is 2. The lowest BCUT2D eigenvalue weighted by atomic mass is 10.0. The molecule has 7 nitrogen and oxygen atoms in total. The molecule has 0 bridgehead atoms.